The number of sulfone groups is 1. The lowest BCUT2D eigenvalue weighted by molar-refractivity contribution is 0.587. The molecule has 3 nitrogen and oxygen atoms in total. The van der Waals surface area contributed by atoms with Crippen molar-refractivity contribution in [2.24, 2.45) is 0 Å². The zero-order valence-electron chi connectivity index (χ0n) is 10.1. The van der Waals surface area contributed by atoms with Gasteiger partial charge in [-0.25, -0.2) is 13.3 Å². The van der Waals surface area contributed by atoms with Gasteiger partial charge in [0.2, 0.25) is 9.84 Å². The topological polar surface area (TPSA) is 38.5 Å². The molecule has 0 aliphatic heterocycles. The minimum atomic E-state index is -3.63. The molecule has 0 amide bonds. The molecule has 1 aliphatic carbocycles. The Morgan fingerprint density at radius 3 is 2.22 bits per heavy atom. The van der Waals surface area contributed by atoms with Crippen LogP contribution in [0.5, 0.6) is 0 Å². The average Bonchev–Trinajstić information content (AvgIpc) is 2.41. The monoisotopic (exact) mass is 261 g/mol. The van der Waals surface area contributed by atoms with Crippen LogP contribution >= 0.6 is 0 Å². The normalized spacial score (nSPS) is 16.1. The molecule has 1 aliphatic rings. The number of hydrogen-bond donors (Lipinski definition) is 0. The number of rotatable bonds is 2. The number of allylic oxidation sites excluding steroid dienone is 1. The standard InChI is InChI=1S/C14H15NO2S/c1-15-14(12-8-4-2-5-9-12)18(16,17)13-10-6-3-7-11-13/h3,6-7,10-11H,2,4-5,8-9H2. The number of nitrogens with zero attached hydrogens (tertiary/aromatic N) is 1. The van der Waals surface area contributed by atoms with Crippen LogP contribution in [-0.2, 0) is 9.84 Å². The zero-order chi connectivity index (χ0) is 13.0. The molecular weight excluding hydrogens is 246 g/mol. The molecule has 0 spiro atoms. The molecule has 94 valence electrons. The van der Waals surface area contributed by atoms with Gasteiger partial charge in [0, 0.05) is 0 Å². The summed E-state index contributed by atoms with van der Waals surface area (Å²) in [6.45, 7) is 7.19. The first-order valence-corrected chi connectivity index (χ1v) is 7.54. The SMILES string of the molecule is [C-]#[N+]C(=C1CCCCC1)S(=O)(=O)c1ccccc1. The molecule has 2 rings (SSSR count). The fourth-order valence-corrected chi connectivity index (χ4v) is 3.68. The number of benzene rings is 1. The van der Waals surface area contributed by atoms with E-state index in [1.165, 1.54) is 0 Å². The van der Waals surface area contributed by atoms with E-state index < -0.39 is 9.84 Å². The van der Waals surface area contributed by atoms with E-state index in [1.807, 2.05) is 0 Å². The zero-order valence-corrected chi connectivity index (χ0v) is 10.9. The second-order valence-corrected chi connectivity index (χ2v) is 6.26. The summed E-state index contributed by atoms with van der Waals surface area (Å²) in [6, 6.07) is 8.22. The molecular formula is C14H15NO2S. The van der Waals surface area contributed by atoms with Gasteiger partial charge < -0.3 is 0 Å². The van der Waals surface area contributed by atoms with Gasteiger partial charge >= 0.3 is 0 Å². The quantitative estimate of drug-likeness (QED) is 0.763. The average molecular weight is 261 g/mol. The van der Waals surface area contributed by atoms with Crippen LogP contribution in [0, 0.1) is 6.57 Å². The Morgan fingerprint density at radius 1 is 1.06 bits per heavy atom. The molecule has 0 N–H and O–H groups in total. The van der Waals surface area contributed by atoms with E-state index in [1.54, 1.807) is 30.3 Å². The Morgan fingerprint density at radius 2 is 1.67 bits per heavy atom. The lowest BCUT2D eigenvalue weighted by atomic mass is 9.96. The summed E-state index contributed by atoms with van der Waals surface area (Å²) in [7, 11) is -3.63. The molecule has 0 heterocycles. The molecule has 1 saturated carbocycles. The Bertz CT molecular complexity index is 586. The van der Waals surface area contributed by atoms with Crippen LogP contribution in [0.25, 0.3) is 4.85 Å². The van der Waals surface area contributed by atoms with Crippen molar-refractivity contribution >= 4 is 9.84 Å². The van der Waals surface area contributed by atoms with E-state index in [4.69, 9.17) is 6.57 Å². The molecule has 1 aromatic carbocycles. The van der Waals surface area contributed by atoms with E-state index in [-0.39, 0.29) is 9.92 Å². The van der Waals surface area contributed by atoms with Crippen molar-refractivity contribution in [3.63, 3.8) is 0 Å². The summed E-state index contributed by atoms with van der Waals surface area (Å²) in [6.07, 6.45) is 4.57. The van der Waals surface area contributed by atoms with Gasteiger partial charge in [-0.15, -0.1) is 0 Å². The second kappa shape index (κ2) is 5.36. The third-order valence-corrected chi connectivity index (χ3v) is 4.95. The fraction of sp³-hybridized carbons (Fsp3) is 0.357. The highest BCUT2D eigenvalue weighted by Gasteiger charge is 2.25. The van der Waals surface area contributed by atoms with Crippen LogP contribution in [0.15, 0.2) is 45.8 Å². The van der Waals surface area contributed by atoms with E-state index in [0.717, 1.165) is 37.7 Å². The Balaban J connectivity index is 2.49. The largest absolute Gasteiger partial charge is 0.282 e. The number of hydrogen-bond acceptors (Lipinski definition) is 2. The summed E-state index contributed by atoms with van der Waals surface area (Å²) < 4.78 is 24.8. The van der Waals surface area contributed by atoms with E-state index in [2.05, 4.69) is 4.85 Å². The van der Waals surface area contributed by atoms with Gasteiger partial charge in [-0.3, -0.25) is 0 Å². The highest BCUT2D eigenvalue weighted by molar-refractivity contribution is 7.95. The molecule has 1 aromatic rings. The first kappa shape index (κ1) is 12.8. The lowest BCUT2D eigenvalue weighted by Gasteiger charge is -2.15. The maximum absolute atomic E-state index is 12.4. The maximum atomic E-state index is 12.4. The second-order valence-electron chi connectivity index (χ2n) is 4.40. The van der Waals surface area contributed by atoms with Gasteiger partial charge in [-0.05, 0) is 25.0 Å². The smallest absolute Gasteiger partial charge is 0.230 e. The van der Waals surface area contributed by atoms with Crippen molar-refractivity contribution < 1.29 is 8.42 Å². The van der Waals surface area contributed by atoms with Crippen LogP contribution in [0.3, 0.4) is 0 Å². The van der Waals surface area contributed by atoms with E-state index in [0.29, 0.717) is 0 Å². The van der Waals surface area contributed by atoms with E-state index >= 15 is 0 Å². The van der Waals surface area contributed by atoms with Crippen LogP contribution in [0.1, 0.15) is 32.1 Å². The van der Waals surface area contributed by atoms with Crippen molar-refractivity contribution in [3.8, 4) is 0 Å². The molecule has 1 fully saturated rings. The highest BCUT2D eigenvalue weighted by Crippen LogP contribution is 2.31. The molecule has 18 heavy (non-hydrogen) atoms. The summed E-state index contributed by atoms with van der Waals surface area (Å²) in [5.41, 5.74) is 0.806. The summed E-state index contributed by atoms with van der Waals surface area (Å²) in [4.78, 5) is 3.52. The van der Waals surface area contributed by atoms with Gasteiger partial charge in [-0.2, -0.15) is 0 Å². The molecule has 0 bridgehead atoms. The van der Waals surface area contributed by atoms with Crippen molar-refractivity contribution in [2.45, 2.75) is 37.0 Å². The molecule has 0 radical (unpaired) electrons. The molecule has 4 heteroatoms. The third-order valence-electron chi connectivity index (χ3n) is 3.17. The minimum absolute atomic E-state index is 0.0478. The molecule has 0 saturated heterocycles. The highest BCUT2D eigenvalue weighted by atomic mass is 32.2. The summed E-state index contributed by atoms with van der Waals surface area (Å²) in [5, 5.41) is -0.0478. The minimum Gasteiger partial charge on any atom is -0.230 e. The molecule has 0 atom stereocenters. The van der Waals surface area contributed by atoms with Gasteiger partial charge in [0.1, 0.15) is 0 Å². The third kappa shape index (κ3) is 2.46. The van der Waals surface area contributed by atoms with Crippen molar-refractivity contribution in [3.05, 3.63) is 52.4 Å². The van der Waals surface area contributed by atoms with Crippen LogP contribution < -0.4 is 0 Å². The van der Waals surface area contributed by atoms with Gasteiger partial charge in [0.15, 0.2) is 0 Å². The summed E-state index contributed by atoms with van der Waals surface area (Å²) in [5.74, 6) is 0. The predicted molar refractivity (Wildman–Crippen MR) is 70.3 cm³/mol. The predicted octanol–water partition coefficient (Wildman–Crippen LogP) is 3.56. The maximum Gasteiger partial charge on any atom is 0.282 e. The van der Waals surface area contributed by atoms with Crippen molar-refractivity contribution in [2.75, 3.05) is 0 Å². The lowest BCUT2D eigenvalue weighted by Crippen LogP contribution is -2.07. The Labute approximate surface area is 108 Å². The van der Waals surface area contributed by atoms with Gasteiger partial charge in [0.05, 0.1) is 11.5 Å². The Hall–Kier alpha value is -1.60. The van der Waals surface area contributed by atoms with Gasteiger partial charge in [0.25, 0.3) is 5.03 Å². The first-order valence-electron chi connectivity index (χ1n) is 6.06. The van der Waals surface area contributed by atoms with E-state index in [9.17, 15) is 8.42 Å². The summed E-state index contributed by atoms with van der Waals surface area (Å²) >= 11 is 0. The van der Waals surface area contributed by atoms with Crippen LogP contribution in [0.4, 0.5) is 0 Å². The van der Waals surface area contributed by atoms with Gasteiger partial charge in [-0.1, -0.05) is 43.0 Å². The van der Waals surface area contributed by atoms with Crippen LogP contribution in [0.2, 0.25) is 0 Å². The Kier molecular flexibility index (Phi) is 3.83. The van der Waals surface area contributed by atoms with Crippen molar-refractivity contribution in [1.29, 1.82) is 0 Å². The van der Waals surface area contributed by atoms with Crippen LogP contribution in [-0.4, -0.2) is 8.42 Å². The fourth-order valence-electron chi connectivity index (χ4n) is 2.23. The molecule has 0 unspecified atom stereocenters. The first-order chi connectivity index (χ1) is 8.66. The van der Waals surface area contributed by atoms with Crippen molar-refractivity contribution in [1.82, 2.24) is 0 Å². The molecule has 0 aromatic heterocycles.